The van der Waals surface area contributed by atoms with Gasteiger partial charge in [0.1, 0.15) is 0 Å². The molecule has 0 aromatic heterocycles. The molecule has 0 bridgehead atoms. The van der Waals surface area contributed by atoms with Gasteiger partial charge in [-0.2, -0.15) is 0 Å². The van der Waals surface area contributed by atoms with Crippen LogP contribution in [0.3, 0.4) is 0 Å². The molecule has 0 aliphatic carbocycles. The molecule has 3 rings (SSSR count). The van der Waals surface area contributed by atoms with Crippen molar-refractivity contribution in [1.82, 2.24) is 0 Å². The molecule has 0 aliphatic rings. The van der Waals surface area contributed by atoms with Crippen LogP contribution in [0, 0.1) is 41.5 Å². The standard InChI is InChI=1S/3C11H16/c1-8(2)11-6-5-9(3)10(4)7-11;1-8(2)11-6-5-9(3)7-10(11)4;1-8(2)11-7-5-6-9(3)10(11)4/h3*5-8H,1-4H3. The number of rotatable bonds is 3. The van der Waals surface area contributed by atoms with Crippen LogP contribution in [0.5, 0.6) is 0 Å². The minimum absolute atomic E-state index is 0.647. The van der Waals surface area contributed by atoms with E-state index in [0.717, 1.165) is 0 Å². The van der Waals surface area contributed by atoms with E-state index in [-0.39, 0.29) is 0 Å². The summed E-state index contributed by atoms with van der Waals surface area (Å²) in [5.41, 5.74) is 12.8. The minimum atomic E-state index is 0.647. The fourth-order valence-corrected chi connectivity index (χ4v) is 4.00. The fraction of sp³-hybridized carbons (Fsp3) is 0.455. The number of benzene rings is 3. The van der Waals surface area contributed by atoms with E-state index < -0.39 is 0 Å². The van der Waals surface area contributed by atoms with Crippen molar-refractivity contribution < 1.29 is 0 Å². The van der Waals surface area contributed by atoms with Crippen molar-refractivity contribution in [3.8, 4) is 0 Å². The zero-order chi connectivity index (χ0) is 25.3. The Balaban J connectivity index is 0.000000247. The van der Waals surface area contributed by atoms with Gasteiger partial charge in [0.05, 0.1) is 0 Å². The Hall–Kier alpha value is -2.34. The Bertz CT molecular complexity index is 1000. The summed E-state index contributed by atoms with van der Waals surface area (Å²) in [6, 6.07) is 19.9. The van der Waals surface area contributed by atoms with Crippen LogP contribution in [0.1, 0.15) is 109 Å². The van der Waals surface area contributed by atoms with Crippen LogP contribution in [0.4, 0.5) is 0 Å². The van der Waals surface area contributed by atoms with E-state index in [9.17, 15) is 0 Å². The fourth-order valence-electron chi connectivity index (χ4n) is 4.00. The molecule has 0 saturated carbocycles. The lowest BCUT2D eigenvalue weighted by atomic mass is 9.95. The molecule has 0 N–H and O–H groups in total. The third-order valence-corrected chi connectivity index (χ3v) is 6.51. The summed E-state index contributed by atoms with van der Waals surface area (Å²) in [6.07, 6.45) is 0. The van der Waals surface area contributed by atoms with Gasteiger partial charge in [-0.25, -0.2) is 0 Å². The smallest absolute Gasteiger partial charge is 0.0216 e. The Morgan fingerprint density at radius 1 is 0.455 bits per heavy atom. The third-order valence-electron chi connectivity index (χ3n) is 6.51. The van der Waals surface area contributed by atoms with Gasteiger partial charge in [0.15, 0.2) is 0 Å². The average Bonchev–Trinajstić information content (AvgIpc) is 2.72. The lowest BCUT2D eigenvalue weighted by molar-refractivity contribution is 0.854. The highest BCUT2D eigenvalue weighted by Crippen LogP contribution is 2.21. The van der Waals surface area contributed by atoms with E-state index in [1.165, 1.54) is 50.1 Å². The molecule has 0 unspecified atom stereocenters. The number of hydrogen-bond donors (Lipinski definition) is 0. The second kappa shape index (κ2) is 13.4. The molecular formula is C33H48. The highest BCUT2D eigenvalue weighted by Gasteiger charge is 2.03. The van der Waals surface area contributed by atoms with E-state index in [0.29, 0.717) is 17.8 Å². The molecule has 0 saturated heterocycles. The monoisotopic (exact) mass is 444 g/mol. The van der Waals surface area contributed by atoms with Gasteiger partial charge in [-0.1, -0.05) is 102 Å². The molecular weight excluding hydrogens is 396 g/mol. The molecule has 180 valence electrons. The van der Waals surface area contributed by atoms with Crippen molar-refractivity contribution in [2.24, 2.45) is 0 Å². The Kier molecular flexibility index (Phi) is 11.6. The predicted molar refractivity (Wildman–Crippen MR) is 150 cm³/mol. The lowest BCUT2D eigenvalue weighted by Gasteiger charge is -2.10. The van der Waals surface area contributed by atoms with Gasteiger partial charge in [0, 0.05) is 0 Å². The molecule has 3 aromatic carbocycles. The molecule has 0 amide bonds. The molecule has 0 radical (unpaired) electrons. The molecule has 0 heteroatoms. The maximum absolute atomic E-state index is 2.28. The quantitative estimate of drug-likeness (QED) is 0.377. The molecule has 33 heavy (non-hydrogen) atoms. The summed E-state index contributed by atoms with van der Waals surface area (Å²) in [5.74, 6) is 1.94. The zero-order valence-electron chi connectivity index (χ0n) is 23.4. The molecule has 0 aliphatic heterocycles. The van der Waals surface area contributed by atoms with Crippen LogP contribution in [-0.4, -0.2) is 0 Å². The molecule has 0 heterocycles. The summed E-state index contributed by atoms with van der Waals surface area (Å²) in [4.78, 5) is 0. The topological polar surface area (TPSA) is 0 Å². The van der Waals surface area contributed by atoms with Crippen LogP contribution in [0.15, 0.2) is 54.6 Å². The van der Waals surface area contributed by atoms with Gasteiger partial charge in [0.25, 0.3) is 0 Å². The average molecular weight is 445 g/mol. The first kappa shape index (κ1) is 28.7. The molecule has 0 spiro atoms. The maximum atomic E-state index is 2.28. The minimum Gasteiger partial charge on any atom is -0.0617 e. The van der Waals surface area contributed by atoms with Crippen LogP contribution in [0.25, 0.3) is 0 Å². The first-order valence-electron chi connectivity index (χ1n) is 12.6. The van der Waals surface area contributed by atoms with E-state index >= 15 is 0 Å². The van der Waals surface area contributed by atoms with Crippen molar-refractivity contribution in [2.75, 3.05) is 0 Å². The number of hydrogen-bond acceptors (Lipinski definition) is 0. The van der Waals surface area contributed by atoms with E-state index in [2.05, 4.69) is 138 Å². The van der Waals surface area contributed by atoms with Crippen molar-refractivity contribution in [2.45, 2.75) is 101 Å². The molecule has 3 aromatic rings. The van der Waals surface area contributed by atoms with Gasteiger partial charge in [-0.15, -0.1) is 0 Å². The normalized spacial score (nSPS) is 10.6. The van der Waals surface area contributed by atoms with Crippen LogP contribution in [-0.2, 0) is 0 Å². The van der Waals surface area contributed by atoms with Gasteiger partial charge in [0.2, 0.25) is 0 Å². The van der Waals surface area contributed by atoms with Gasteiger partial charge in [-0.05, 0) is 104 Å². The summed E-state index contributed by atoms with van der Waals surface area (Å²) in [5, 5.41) is 0. The van der Waals surface area contributed by atoms with E-state index in [4.69, 9.17) is 0 Å². The van der Waals surface area contributed by atoms with E-state index in [1.807, 2.05) is 0 Å². The Labute approximate surface area is 205 Å². The summed E-state index contributed by atoms with van der Waals surface area (Å²) in [7, 11) is 0. The molecule has 0 nitrogen and oxygen atoms in total. The zero-order valence-corrected chi connectivity index (χ0v) is 23.4. The Morgan fingerprint density at radius 2 is 1.06 bits per heavy atom. The van der Waals surface area contributed by atoms with Crippen LogP contribution < -0.4 is 0 Å². The maximum Gasteiger partial charge on any atom is -0.0216 e. The van der Waals surface area contributed by atoms with Crippen molar-refractivity contribution in [1.29, 1.82) is 0 Å². The van der Waals surface area contributed by atoms with Gasteiger partial charge < -0.3 is 0 Å². The van der Waals surface area contributed by atoms with E-state index in [1.54, 1.807) is 0 Å². The van der Waals surface area contributed by atoms with Crippen LogP contribution >= 0.6 is 0 Å². The highest BCUT2D eigenvalue weighted by molar-refractivity contribution is 5.35. The second-order valence-corrected chi connectivity index (χ2v) is 10.5. The van der Waals surface area contributed by atoms with Crippen molar-refractivity contribution in [3.63, 3.8) is 0 Å². The lowest BCUT2D eigenvalue weighted by Crippen LogP contribution is -1.93. The first-order chi connectivity index (χ1) is 15.3. The summed E-state index contributed by atoms with van der Waals surface area (Å²) >= 11 is 0. The van der Waals surface area contributed by atoms with Crippen molar-refractivity contribution >= 4 is 0 Å². The highest BCUT2D eigenvalue weighted by atomic mass is 14.1. The molecule has 0 fully saturated rings. The first-order valence-corrected chi connectivity index (χ1v) is 12.6. The summed E-state index contributed by atoms with van der Waals surface area (Å²) in [6.45, 7) is 26.4. The molecule has 0 atom stereocenters. The SMILES string of the molecule is Cc1ccc(C(C)C)c(C)c1.Cc1ccc(C(C)C)cc1C.Cc1cccc(C(C)C)c1C. The predicted octanol–water partition coefficient (Wildman–Crippen LogP) is 10.3. The van der Waals surface area contributed by atoms with Crippen LogP contribution in [0.2, 0.25) is 0 Å². The largest absolute Gasteiger partial charge is 0.0617 e. The van der Waals surface area contributed by atoms with Gasteiger partial charge in [-0.3, -0.25) is 0 Å². The summed E-state index contributed by atoms with van der Waals surface area (Å²) < 4.78 is 0. The Morgan fingerprint density at radius 3 is 1.52 bits per heavy atom. The number of aryl methyl sites for hydroxylation is 5. The third kappa shape index (κ3) is 9.20. The van der Waals surface area contributed by atoms with Gasteiger partial charge >= 0.3 is 0 Å². The second-order valence-electron chi connectivity index (χ2n) is 10.5. The van der Waals surface area contributed by atoms with Crippen molar-refractivity contribution in [3.05, 3.63) is 105 Å².